The molecule has 0 spiro atoms. The minimum Gasteiger partial charge on any atom is -0.388 e. The normalized spacial score (nSPS) is 10.3. The molecule has 2 nitrogen and oxygen atoms in total. The maximum Gasteiger partial charge on any atom is 0.132 e. The Morgan fingerprint density at radius 1 is 1.32 bits per heavy atom. The van der Waals surface area contributed by atoms with Crippen molar-refractivity contribution in [2.45, 2.75) is 6.92 Å². The van der Waals surface area contributed by atoms with Crippen LogP contribution in [0.1, 0.15) is 11.3 Å². The minimum atomic E-state index is -0.358. The summed E-state index contributed by atoms with van der Waals surface area (Å²) in [5.41, 5.74) is 3.52. The molecule has 4 heteroatoms. The maximum absolute atomic E-state index is 14.1. The number of halogens is 2. The molecule has 1 heterocycles. The van der Waals surface area contributed by atoms with E-state index in [-0.39, 0.29) is 5.82 Å². The summed E-state index contributed by atoms with van der Waals surface area (Å²) in [6, 6.07) is 6.48. The number of benzene rings is 1. The first-order valence-electron chi connectivity index (χ1n) is 5.82. The lowest BCUT2D eigenvalue weighted by molar-refractivity contribution is 0.631. The molecular weight excluding hydrogens is 263 g/mol. The predicted octanol–water partition coefficient (Wildman–Crippen LogP) is 4.04. The molecule has 0 aliphatic rings. The lowest BCUT2D eigenvalue weighted by atomic mass is 9.98. The van der Waals surface area contributed by atoms with Gasteiger partial charge in [-0.2, -0.15) is 0 Å². The first-order valence-corrected chi connectivity index (χ1v) is 6.20. The molecule has 0 radical (unpaired) electrons. The Hall–Kier alpha value is -1.87. The summed E-state index contributed by atoms with van der Waals surface area (Å²) >= 11 is 5.78. The zero-order valence-corrected chi connectivity index (χ0v) is 11.6. The summed E-state index contributed by atoms with van der Waals surface area (Å²) in [6.45, 7) is 5.77. The van der Waals surface area contributed by atoms with Crippen LogP contribution in [-0.2, 0) is 0 Å². The third-order valence-corrected chi connectivity index (χ3v) is 3.12. The van der Waals surface area contributed by atoms with Crippen LogP contribution in [0.3, 0.4) is 0 Å². The third-order valence-electron chi connectivity index (χ3n) is 2.89. The largest absolute Gasteiger partial charge is 0.388 e. The molecule has 19 heavy (non-hydrogen) atoms. The van der Waals surface area contributed by atoms with Crippen LogP contribution < -0.4 is 5.32 Å². The Balaban J connectivity index is 2.66. The molecule has 0 fully saturated rings. The van der Waals surface area contributed by atoms with E-state index in [1.54, 1.807) is 25.4 Å². The number of nitrogens with one attached hydrogen (secondary N) is 1. The summed E-state index contributed by atoms with van der Waals surface area (Å²) in [4.78, 5) is 4.23. The fourth-order valence-electron chi connectivity index (χ4n) is 1.87. The second-order valence-electron chi connectivity index (χ2n) is 4.22. The number of aryl methyl sites for hydroxylation is 1. The van der Waals surface area contributed by atoms with E-state index in [4.69, 9.17) is 11.6 Å². The molecule has 2 aromatic rings. The molecule has 1 aromatic carbocycles. The summed E-state index contributed by atoms with van der Waals surface area (Å²) in [5, 5.41) is 3.33. The minimum absolute atomic E-state index is 0.358. The molecule has 0 saturated carbocycles. The van der Waals surface area contributed by atoms with Gasteiger partial charge in [0.25, 0.3) is 0 Å². The van der Waals surface area contributed by atoms with Gasteiger partial charge in [-0.05, 0) is 36.8 Å². The zero-order valence-electron chi connectivity index (χ0n) is 10.8. The van der Waals surface area contributed by atoms with Crippen molar-refractivity contribution < 1.29 is 4.39 Å². The molecule has 0 saturated heterocycles. The van der Waals surface area contributed by atoms with Gasteiger partial charge in [0, 0.05) is 40.8 Å². The Labute approximate surface area is 116 Å². The molecule has 98 valence electrons. The van der Waals surface area contributed by atoms with E-state index >= 15 is 0 Å². The summed E-state index contributed by atoms with van der Waals surface area (Å²) in [6.07, 6.45) is 1.69. The quantitative estimate of drug-likeness (QED) is 0.915. The van der Waals surface area contributed by atoms with E-state index in [9.17, 15) is 4.39 Å². The van der Waals surface area contributed by atoms with E-state index < -0.39 is 0 Å². The molecule has 0 aliphatic carbocycles. The van der Waals surface area contributed by atoms with Gasteiger partial charge in [0.1, 0.15) is 5.82 Å². The summed E-state index contributed by atoms with van der Waals surface area (Å²) in [5.74, 6) is -0.358. The number of rotatable bonds is 3. The van der Waals surface area contributed by atoms with Gasteiger partial charge in [0.05, 0.1) is 0 Å². The van der Waals surface area contributed by atoms with Gasteiger partial charge in [-0.15, -0.1) is 0 Å². The van der Waals surface area contributed by atoms with Crippen LogP contribution in [-0.4, -0.2) is 12.0 Å². The number of hydrogen-bond donors (Lipinski definition) is 1. The van der Waals surface area contributed by atoms with E-state index in [1.165, 1.54) is 6.07 Å². The highest BCUT2D eigenvalue weighted by Gasteiger charge is 2.12. The Kier molecular flexibility index (Phi) is 3.86. The Morgan fingerprint density at radius 2 is 2.05 bits per heavy atom. The van der Waals surface area contributed by atoms with Crippen molar-refractivity contribution in [3.63, 3.8) is 0 Å². The molecule has 0 aliphatic heterocycles. The van der Waals surface area contributed by atoms with Crippen LogP contribution in [0.4, 0.5) is 4.39 Å². The van der Waals surface area contributed by atoms with E-state index in [2.05, 4.69) is 16.9 Å². The van der Waals surface area contributed by atoms with Crippen LogP contribution in [0.2, 0.25) is 5.02 Å². The lowest BCUT2D eigenvalue weighted by Crippen LogP contribution is -2.05. The van der Waals surface area contributed by atoms with Crippen molar-refractivity contribution >= 4 is 17.3 Å². The average molecular weight is 277 g/mol. The topological polar surface area (TPSA) is 24.9 Å². The van der Waals surface area contributed by atoms with Gasteiger partial charge in [0.15, 0.2) is 0 Å². The molecular formula is C15H14ClFN2. The van der Waals surface area contributed by atoms with Crippen molar-refractivity contribution in [3.05, 3.63) is 59.1 Å². The number of pyridine rings is 1. The van der Waals surface area contributed by atoms with Crippen LogP contribution >= 0.6 is 11.6 Å². The first-order chi connectivity index (χ1) is 9.02. The Morgan fingerprint density at radius 3 is 2.68 bits per heavy atom. The molecule has 1 N–H and O–H groups in total. The fourth-order valence-corrected chi connectivity index (χ4v) is 2.02. The van der Waals surface area contributed by atoms with Crippen molar-refractivity contribution in [3.8, 4) is 11.1 Å². The smallest absolute Gasteiger partial charge is 0.132 e. The standard InChI is InChI=1S/C15H14ClFN2/c1-9-6-13(14(8-19-9)10(2)18-3)12-5-4-11(16)7-15(12)17/h4-8,18H,2H2,1,3H3. The highest BCUT2D eigenvalue weighted by Crippen LogP contribution is 2.30. The van der Waals surface area contributed by atoms with Crippen molar-refractivity contribution in [2.75, 3.05) is 7.05 Å². The van der Waals surface area contributed by atoms with Crippen molar-refractivity contribution in [1.82, 2.24) is 10.3 Å². The van der Waals surface area contributed by atoms with Crippen molar-refractivity contribution in [2.24, 2.45) is 0 Å². The molecule has 1 aromatic heterocycles. The second-order valence-corrected chi connectivity index (χ2v) is 4.66. The monoisotopic (exact) mass is 276 g/mol. The predicted molar refractivity (Wildman–Crippen MR) is 77.5 cm³/mol. The van der Waals surface area contributed by atoms with Crippen LogP contribution in [0.25, 0.3) is 16.8 Å². The molecule has 2 rings (SSSR count). The van der Waals surface area contributed by atoms with Crippen LogP contribution in [0, 0.1) is 12.7 Å². The van der Waals surface area contributed by atoms with Gasteiger partial charge in [-0.3, -0.25) is 4.98 Å². The summed E-state index contributed by atoms with van der Waals surface area (Å²) in [7, 11) is 1.77. The maximum atomic E-state index is 14.1. The van der Waals surface area contributed by atoms with Gasteiger partial charge in [0.2, 0.25) is 0 Å². The lowest BCUT2D eigenvalue weighted by Gasteiger charge is -2.13. The van der Waals surface area contributed by atoms with Gasteiger partial charge in [-0.25, -0.2) is 4.39 Å². The summed E-state index contributed by atoms with van der Waals surface area (Å²) < 4.78 is 14.1. The van der Waals surface area contributed by atoms with Crippen LogP contribution in [0.15, 0.2) is 37.0 Å². The number of aromatic nitrogens is 1. The van der Waals surface area contributed by atoms with Gasteiger partial charge in [-0.1, -0.05) is 18.2 Å². The number of hydrogen-bond acceptors (Lipinski definition) is 2. The van der Waals surface area contributed by atoms with E-state index in [0.29, 0.717) is 16.3 Å². The Bertz CT molecular complexity index is 638. The zero-order chi connectivity index (χ0) is 14.0. The molecule has 0 atom stereocenters. The van der Waals surface area contributed by atoms with E-state index in [0.717, 1.165) is 16.8 Å². The van der Waals surface area contributed by atoms with Crippen molar-refractivity contribution in [1.29, 1.82) is 0 Å². The van der Waals surface area contributed by atoms with Crippen LogP contribution in [0.5, 0.6) is 0 Å². The SMILES string of the molecule is C=C(NC)c1cnc(C)cc1-c1ccc(Cl)cc1F. The molecule has 0 bridgehead atoms. The number of nitrogens with zero attached hydrogens (tertiary/aromatic N) is 1. The first kappa shape index (κ1) is 13.6. The van der Waals surface area contributed by atoms with Gasteiger partial charge < -0.3 is 5.32 Å². The fraction of sp³-hybridized carbons (Fsp3) is 0.133. The molecule has 0 amide bonds. The average Bonchev–Trinajstić information content (AvgIpc) is 2.38. The van der Waals surface area contributed by atoms with Gasteiger partial charge >= 0.3 is 0 Å². The van der Waals surface area contributed by atoms with E-state index in [1.807, 2.05) is 13.0 Å². The second kappa shape index (κ2) is 5.41. The third kappa shape index (κ3) is 2.76. The molecule has 0 unspecified atom stereocenters. The highest BCUT2D eigenvalue weighted by molar-refractivity contribution is 6.30. The highest BCUT2D eigenvalue weighted by atomic mass is 35.5.